The third kappa shape index (κ3) is 4.99. The first kappa shape index (κ1) is 16.3. The summed E-state index contributed by atoms with van der Waals surface area (Å²) < 4.78 is 0. The van der Waals surface area contributed by atoms with E-state index < -0.39 is 0 Å². The number of unbranched alkanes of at least 4 members (excludes halogenated alkanes) is 1. The summed E-state index contributed by atoms with van der Waals surface area (Å²) in [7, 11) is 0. The number of hydrogen-bond donors (Lipinski definition) is 1. The highest BCUT2D eigenvalue weighted by Gasteiger charge is 2.20. The second kappa shape index (κ2) is 7.79. The van der Waals surface area contributed by atoms with E-state index >= 15 is 0 Å². The molecule has 1 heterocycles. The first-order valence-electron chi connectivity index (χ1n) is 8.61. The molecule has 0 aliphatic heterocycles. The maximum atomic E-state index is 4.80. The van der Waals surface area contributed by atoms with Crippen molar-refractivity contribution in [3.63, 3.8) is 0 Å². The van der Waals surface area contributed by atoms with Gasteiger partial charge in [-0.15, -0.1) is 0 Å². The minimum absolute atomic E-state index is 0.551. The highest BCUT2D eigenvalue weighted by Crippen LogP contribution is 2.22. The number of nitrogens with zero attached hydrogens (tertiary/aromatic N) is 2. The minimum Gasteiger partial charge on any atom is -0.354 e. The molecule has 0 spiro atoms. The molecule has 0 radical (unpaired) electrons. The second-order valence-corrected chi connectivity index (χ2v) is 6.43. The number of hydrogen-bond acceptors (Lipinski definition) is 3. The van der Waals surface area contributed by atoms with Gasteiger partial charge in [-0.3, -0.25) is 0 Å². The summed E-state index contributed by atoms with van der Waals surface area (Å²) >= 11 is 0. The Bertz CT molecular complexity index is 440. The van der Waals surface area contributed by atoms with Crippen LogP contribution in [0.3, 0.4) is 0 Å². The third-order valence-corrected chi connectivity index (χ3v) is 4.34. The molecule has 1 aromatic rings. The third-order valence-electron chi connectivity index (χ3n) is 4.34. The molecule has 3 nitrogen and oxygen atoms in total. The summed E-state index contributed by atoms with van der Waals surface area (Å²) in [5.74, 6) is 1.16. The Hall–Kier alpha value is -1.09. The van der Waals surface area contributed by atoms with E-state index in [9.17, 15) is 0 Å². The van der Waals surface area contributed by atoms with Crippen molar-refractivity contribution in [3.05, 3.63) is 23.4 Å². The number of aryl methyl sites for hydroxylation is 1. The molecular formula is C18H31N3. The first-order valence-corrected chi connectivity index (χ1v) is 8.61. The zero-order valence-corrected chi connectivity index (χ0v) is 14.2. The molecule has 1 aliphatic carbocycles. The van der Waals surface area contributed by atoms with Gasteiger partial charge in [-0.1, -0.05) is 20.3 Å². The zero-order valence-electron chi connectivity index (χ0n) is 14.2. The van der Waals surface area contributed by atoms with Crippen LogP contribution in [0.1, 0.15) is 64.1 Å². The van der Waals surface area contributed by atoms with Crippen molar-refractivity contribution in [1.82, 2.24) is 10.3 Å². The quantitative estimate of drug-likeness (QED) is 0.743. The van der Waals surface area contributed by atoms with Crippen LogP contribution in [0.4, 0.5) is 5.82 Å². The normalized spacial score (nSPS) is 16.0. The first-order chi connectivity index (χ1) is 10.1. The van der Waals surface area contributed by atoms with Crippen LogP contribution in [-0.4, -0.2) is 23.6 Å². The van der Waals surface area contributed by atoms with E-state index in [1.165, 1.54) is 31.2 Å². The Labute approximate surface area is 130 Å². The van der Waals surface area contributed by atoms with E-state index in [2.05, 4.69) is 50.0 Å². The molecule has 1 unspecified atom stereocenters. The fourth-order valence-corrected chi connectivity index (χ4v) is 2.63. The molecule has 1 aliphatic rings. The number of aromatic nitrogens is 1. The number of nitrogens with one attached hydrogen (secondary N) is 1. The predicted octanol–water partition coefficient (Wildman–Crippen LogP) is 4.05. The molecule has 1 aromatic heterocycles. The van der Waals surface area contributed by atoms with Crippen molar-refractivity contribution < 1.29 is 0 Å². The Morgan fingerprint density at radius 2 is 2.10 bits per heavy atom. The van der Waals surface area contributed by atoms with Crippen molar-refractivity contribution in [2.75, 3.05) is 11.4 Å². The fraction of sp³-hybridized carbons (Fsp3) is 0.722. The van der Waals surface area contributed by atoms with Gasteiger partial charge in [0, 0.05) is 30.9 Å². The van der Waals surface area contributed by atoms with Crippen molar-refractivity contribution in [2.24, 2.45) is 0 Å². The molecule has 0 bridgehead atoms. The molecule has 1 N–H and O–H groups in total. The van der Waals surface area contributed by atoms with E-state index in [1.807, 2.05) is 0 Å². The SMILES string of the molecule is CCCCN(c1cc(CNC2CC2)cc(C)n1)C(C)CC. The Morgan fingerprint density at radius 1 is 1.33 bits per heavy atom. The van der Waals surface area contributed by atoms with Crippen molar-refractivity contribution >= 4 is 5.82 Å². The van der Waals surface area contributed by atoms with Crippen LogP contribution < -0.4 is 10.2 Å². The van der Waals surface area contributed by atoms with Gasteiger partial charge in [-0.25, -0.2) is 4.98 Å². The van der Waals surface area contributed by atoms with Crippen LogP contribution in [0.2, 0.25) is 0 Å². The Kier molecular flexibility index (Phi) is 6.04. The maximum absolute atomic E-state index is 4.80. The molecule has 118 valence electrons. The highest BCUT2D eigenvalue weighted by molar-refractivity contribution is 5.43. The van der Waals surface area contributed by atoms with Gasteiger partial charge >= 0.3 is 0 Å². The smallest absolute Gasteiger partial charge is 0.129 e. The standard InChI is InChI=1S/C18H31N3/c1-5-7-10-21(15(4)6-2)18-12-16(11-14(3)20-18)13-19-17-8-9-17/h11-12,15,17,19H,5-10,13H2,1-4H3. The molecule has 0 amide bonds. The molecule has 21 heavy (non-hydrogen) atoms. The molecule has 0 saturated heterocycles. The van der Waals surface area contributed by atoms with E-state index in [4.69, 9.17) is 4.98 Å². The van der Waals surface area contributed by atoms with Crippen LogP contribution in [-0.2, 0) is 6.54 Å². The lowest BCUT2D eigenvalue weighted by Crippen LogP contribution is -2.34. The Balaban J connectivity index is 2.12. The summed E-state index contributed by atoms with van der Waals surface area (Å²) in [4.78, 5) is 7.28. The number of anilines is 1. The average molecular weight is 289 g/mol. The molecule has 1 atom stereocenters. The highest BCUT2D eigenvalue weighted by atomic mass is 15.2. The van der Waals surface area contributed by atoms with Gasteiger partial charge in [0.1, 0.15) is 5.82 Å². The van der Waals surface area contributed by atoms with Crippen LogP contribution in [0.25, 0.3) is 0 Å². The molecular weight excluding hydrogens is 258 g/mol. The lowest BCUT2D eigenvalue weighted by molar-refractivity contribution is 0.588. The summed E-state index contributed by atoms with van der Waals surface area (Å²) in [6, 6.07) is 5.81. The summed E-state index contributed by atoms with van der Waals surface area (Å²) in [5, 5.41) is 3.61. The fourth-order valence-electron chi connectivity index (χ4n) is 2.63. The molecule has 0 aromatic carbocycles. The van der Waals surface area contributed by atoms with Gasteiger partial charge in [0.05, 0.1) is 0 Å². The largest absolute Gasteiger partial charge is 0.354 e. The van der Waals surface area contributed by atoms with E-state index in [-0.39, 0.29) is 0 Å². The van der Waals surface area contributed by atoms with Crippen LogP contribution in [0.5, 0.6) is 0 Å². The van der Waals surface area contributed by atoms with Gasteiger partial charge in [0.2, 0.25) is 0 Å². The monoisotopic (exact) mass is 289 g/mol. The van der Waals surface area contributed by atoms with Crippen LogP contribution in [0, 0.1) is 6.92 Å². The van der Waals surface area contributed by atoms with Crippen LogP contribution >= 0.6 is 0 Å². The van der Waals surface area contributed by atoms with Crippen LogP contribution in [0.15, 0.2) is 12.1 Å². The zero-order chi connectivity index (χ0) is 15.2. The molecule has 1 fully saturated rings. The maximum Gasteiger partial charge on any atom is 0.129 e. The molecule has 2 rings (SSSR count). The second-order valence-electron chi connectivity index (χ2n) is 6.43. The van der Waals surface area contributed by atoms with E-state index in [0.29, 0.717) is 6.04 Å². The van der Waals surface area contributed by atoms with Gasteiger partial charge in [-0.05, 0) is 57.2 Å². The molecule has 1 saturated carbocycles. The van der Waals surface area contributed by atoms with Gasteiger partial charge in [-0.2, -0.15) is 0 Å². The summed E-state index contributed by atoms with van der Waals surface area (Å²) in [5.41, 5.74) is 2.50. The minimum atomic E-state index is 0.551. The summed E-state index contributed by atoms with van der Waals surface area (Å²) in [6.45, 7) is 11.0. The lowest BCUT2D eigenvalue weighted by atomic mass is 10.1. The van der Waals surface area contributed by atoms with Gasteiger partial charge < -0.3 is 10.2 Å². The van der Waals surface area contributed by atoms with E-state index in [0.717, 1.165) is 37.1 Å². The topological polar surface area (TPSA) is 28.2 Å². The van der Waals surface area contributed by atoms with Crippen molar-refractivity contribution in [2.45, 2.75) is 78.4 Å². The van der Waals surface area contributed by atoms with Crippen molar-refractivity contribution in [3.8, 4) is 0 Å². The Morgan fingerprint density at radius 3 is 2.71 bits per heavy atom. The van der Waals surface area contributed by atoms with E-state index in [1.54, 1.807) is 0 Å². The number of rotatable bonds is 9. The molecule has 3 heteroatoms. The average Bonchev–Trinajstić information content (AvgIpc) is 3.29. The van der Waals surface area contributed by atoms with Gasteiger partial charge in [0.25, 0.3) is 0 Å². The van der Waals surface area contributed by atoms with Crippen molar-refractivity contribution in [1.29, 1.82) is 0 Å². The lowest BCUT2D eigenvalue weighted by Gasteiger charge is -2.30. The number of pyridine rings is 1. The van der Waals surface area contributed by atoms with Gasteiger partial charge in [0.15, 0.2) is 0 Å². The summed E-state index contributed by atoms with van der Waals surface area (Å²) in [6.07, 6.45) is 6.30. The predicted molar refractivity (Wildman–Crippen MR) is 90.8 cm³/mol.